The van der Waals surface area contributed by atoms with Crippen LogP contribution in [0.15, 0.2) is 48.8 Å². The van der Waals surface area contributed by atoms with Crippen molar-refractivity contribution >= 4 is 11.6 Å². The maximum absolute atomic E-state index is 12.9. The second-order valence-corrected chi connectivity index (χ2v) is 5.42. The normalized spacial score (nSPS) is 12.6. The van der Waals surface area contributed by atoms with E-state index in [-0.39, 0.29) is 12.5 Å². The van der Waals surface area contributed by atoms with Gasteiger partial charge in [0.1, 0.15) is 0 Å². The number of nitrogens with one attached hydrogen (secondary N) is 1. The van der Waals surface area contributed by atoms with Gasteiger partial charge in [-0.3, -0.25) is 9.78 Å². The number of nitrogens with zero attached hydrogens (tertiary/aromatic N) is 1. The minimum Gasteiger partial charge on any atom is -0.377 e. The Kier molecular flexibility index (Phi) is 5.78. The molecule has 1 aromatic heterocycles. The van der Waals surface area contributed by atoms with Crippen LogP contribution in [0.2, 0.25) is 0 Å². The van der Waals surface area contributed by atoms with Crippen molar-refractivity contribution in [2.75, 3.05) is 5.32 Å². The van der Waals surface area contributed by atoms with Crippen molar-refractivity contribution in [2.24, 2.45) is 5.73 Å². The van der Waals surface area contributed by atoms with Crippen molar-refractivity contribution in [3.8, 4) is 0 Å². The van der Waals surface area contributed by atoms with Gasteiger partial charge in [0.25, 0.3) is 0 Å². The summed E-state index contributed by atoms with van der Waals surface area (Å²) in [6.45, 7) is 0. The van der Waals surface area contributed by atoms with Crippen molar-refractivity contribution in [2.45, 2.75) is 31.5 Å². The van der Waals surface area contributed by atoms with E-state index in [0.29, 0.717) is 24.1 Å². The molecule has 3 N–H and O–H groups in total. The van der Waals surface area contributed by atoms with Gasteiger partial charge in [-0.15, -0.1) is 0 Å². The Bertz CT molecular complexity index is 674. The number of primary amides is 1. The summed E-state index contributed by atoms with van der Waals surface area (Å²) >= 11 is 0. The Morgan fingerprint density at radius 2 is 2.04 bits per heavy atom. The molecule has 128 valence electrons. The minimum atomic E-state index is -4.40. The van der Waals surface area contributed by atoms with Crippen molar-refractivity contribution < 1.29 is 18.0 Å². The average Bonchev–Trinajstić information content (AvgIpc) is 2.54. The number of alkyl halides is 3. The van der Waals surface area contributed by atoms with Gasteiger partial charge in [-0.25, -0.2) is 0 Å². The van der Waals surface area contributed by atoms with Crippen molar-refractivity contribution in [1.29, 1.82) is 0 Å². The number of anilines is 1. The highest BCUT2D eigenvalue weighted by atomic mass is 19.4. The highest BCUT2D eigenvalue weighted by molar-refractivity contribution is 5.73. The SMILES string of the molecule is NC(=O)CCC[C@H](Nc1cccnc1)c1cccc(C(F)(F)F)c1. The molecule has 4 nitrogen and oxygen atoms in total. The van der Waals surface area contributed by atoms with Crippen LogP contribution >= 0.6 is 0 Å². The molecule has 1 atom stereocenters. The van der Waals surface area contributed by atoms with Gasteiger partial charge < -0.3 is 11.1 Å². The summed E-state index contributed by atoms with van der Waals surface area (Å²) in [5, 5.41) is 3.17. The second kappa shape index (κ2) is 7.81. The van der Waals surface area contributed by atoms with Crippen molar-refractivity contribution in [1.82, 2.24) is 4.98 Å². The quantitative estimate of drug-likeness (QED) is 0.805. The number of nitrogens with two attached hydrogens (primary N) is 1. The molecule has 2 rings (SSSR count). The summed E-state index contributed by atoms with van der Waals surface area (Å²) in [7, 11) is 0. The van der Waals surface area contributed by atoms with Crippen LogP contribution in [-0.2, 0) is 11.0 Å². The number of carbonyl (C=O) groups is 1. The molecule has 7 heteroatoms. The van der Waals surface area contributed by atoms with E-state index in [1.807, 2.05) is 0 Å². The van der Waals surface area contributed by atoms with Gasteiger partial charge in [0.15, 0.2) is 0 Å². The lowest BCUT2D eigenvalue weighted by molar-refractivity contribution is -0.137. The number of hydrogen-bond acceptors (Lipinski definition) is 3. The molecule has 0 fully saturated rings. The summed E-state index contributed by atoms with van der Waals surface area (Å²) in [6.07, 6.45) is -0.0683. The second-order valence-electron chi connectivity index (χ2n) is 5.42. The number of carbonyl (C=O) groups excluding carboxylic acids is 1. The van der Waals surface area contributed by atoms with Gasteiger partial charge in [0.05, 0.1) is 17.3 Å². The molecule has 0 aliphatic heterocycles. The first-order chi connectivity index (χ1) is 11.4. The molecular weight excluding hydrogens is 319 g/mol. The van der Waals surface area contributed by atoms with E-state index in [9.17, 15) is 18.0 Å². The largest absolute Gasteiger partial charge is 0.416 e. The number of rotatable bonds is 7. The maximum atomic E-state index is 12.9. The molecule has 0 spiro atoms. The average molecular weight is 337 g/mol. The summed E-state index contributed by atoms with van der Waals surface area (Å²) in [6, 6.07) is 8.30. The Morgan fingerprint density at radius 3 is 2.67 bits per heavy atom. The van der Waals surface area contributed by atoms with E-state index in [4.69, 9.17) is 5.73 Å². The smallest absolute Gasteiger partial charge is 0.377 e. The van der Waals surface area contributed by atoms with E-state index in [2.05, 4.69) is 10.3 Å². The third-order valence-electron chi connectivity index (χ3n) is 3.53. The van der Waals surface area contributed by atoms with Crippen LogP contribution < -0.4 is 11.1 Å². The van der Waals surface area contributed by atoms with Gasteiger partial charge >= 0.3 is 6.18 Å². The third kappa shape index (κ3) is 5.26. The molecule has 0 radical (unpaired) electrons. The molecule has 0 aliphatic carbocycles. The van der Waals surface area contributed by atoms with Gasteiger partial charge in [0, 0.05) is 18.8 Å². The Hall–Kier alpha value is -2.57. The van der Waals surface area contributed by atoms with E-state index in [1.165, 1.54) is 6.07 Å². The summed E-state index contributed by atoms with van der Waals surface area (Å²) in [4.78, 5) is 14.9. The number of halogens is 3. The fourth-order valence-corrected chi connectivity index (χ4v) is 2.38. The van der Waals surface area contributed by atoms with Crippen molar-refractivity contribution in [3.63, 3.8) is 0 Å². The summed E-state index contributed by atoms with van der Waals surface area (Å²) < 4.78 is 38.8. The molecule has 1 heterocycles. The molecule has 0 aliphatic rings. The Morgan fingerprint density at radius 1 is 1.25 bits per heavy atom. The summed E-state index contributed by atoms with van der Waals surface area (Å²) in [5.74, 6) is -0.431. The standard InChI is InChI=1S/C17H18F3N3O/c18-17(19,20)13-5-1-4-12(10-13)15(7-2-8-16(21)24)23-14-6-3-9-22-11-14/h1,3-6,9-11,15,23H,2,7-8H2,(H2,21,24)/t15-/m0/s1. The molecule has 0 unspecified atom stereocenters. The lowest BCUT2D eigenvalue weighted by Gasteiger charge is -2.21. The van der Waals surface area contributed by atoms with Gasteiger partial charge in [-0.05, 0) is 42.7 Å². The van der Waals surface area contributed by atoms with Crippen LogP contribution in [-0.4, -0.2) is 10.9 Å². The number of benzene rings is 1. The first-order valence-corrected chi connectivity index (χ1v) is 7.48. The highest BCUT2D eigenvalue weighted by Gasteiger charge is 2.31. The third-order valence-corrected chi connectivity index (χ3v) is 3.53. The van der Waals surface area contributed by atoms with Crippen LogP contribution in [0, 0.1) is 0 Å². The zero-order chi connectivity index (χ0) is 17.6. The Labute approximate surface area is 137 Å². The number of pyridine rings is 1. The maximum Gasteiger partial charge on any atom is 0.416 e. The van der Waals surface area contributed by atoms with E-state index in [0.717, 1.165) is 12.1 Å². The van der Waals surface area contributed by atoms with E-state index in [1.54, 1.807) is 30.6 Å². The summed E-state index contributed by atoms with van der Waals surface area (Å²) in [5.41, 5.74) is 5.62. The topological polar surface area (TPSA) is 68.0 Å². The van der Waals surface area contributed by atoms with Crippen molar-refractivity contribution in [3.05, 3.63) is 59.9 Å². The predicted octanol–water partition coefficient (Wildman–Crippen LogP) is 3.91. The minimum absolute atomic E-state index is 0.185. The lowest BCUT2D eigenvalue weighted by Crippen LogP contribution is -2.15. The van der Waals surface area contributed by atoms with E-state index < -0.39 is 17.6 Å². The number of amides is 1. The van der Waals surface area contributed by atoms with Gasteiger partial charge in [-0.2, -0.15) is 13.2 Å². The monoisotopic (exact) mass is 337 g/mol. The molecule has 24 heavy (non-hydrogen) atoms. The molecule has 0 bridgehead atoms. The van der Waals surface area contributed by atoms with Crippen LogP contribution in [0.5, 0.6) is 0 Å². The highest BCUT2D eigenvalue weighted by Crippen LogP contribution is 2.32. The fourth-order valence-electron chi connectivity index (χ4n) is 2.38. The number of aromatic nitrogens is 1. The molecular formula is C17H18F3N3O. The Balaban J connectivity index is 2.22. The molecule has 2 aromatic rings. The molecule has 0 saturated heterocycles. The van der Waals surface area contributed by atoms with Gasteiger partial charge in [0.2, 0.25) is 5.91 Å². The predicted molar refractivity (Wildman–Crippen MR) is 85.1 cm³/mol. The van der Waals surface area contributed by atoms with E-state index >= 15 is 0 Å². The van der Waals surface area contributed by atoms with Crippen LogP contribution in [0.3, 0.4) is 0 Å². The number of hydrogen-bond donors (Lipinski definition) is 2. The molecule has 1 aromatic carbocycles. The molecule has 1 amide bonds. The van der Waals surface area contributed by atoms with Crippen LogP contribution in [0.1, 0.15) is 36.4 Å². The lowest BCUT2D eigenvalue weighted by atomic mass is 9.98. The zero-order valence-corrected chi connectivity index (χ0v) is 12.9. The van der Waals surface area contributed by atoms with Crippen LogP contribution in [0.25, 0.3) is 0 Å². The first-order valence-electron chi connectivity index (χ1n) is 7.48. The molecule has 0 saturated carbocycles. The van der Waals surface area contributed by atoms with Crippen LogP contribution in [0.4, 0.5) is 18.9 Å². The fraction of sp³-hybridized carbons (Fsp3) is 0.294. The zero-order valence-electron chi connectivity index (χ0n) is 12.9. The van der Waals surface area contributed by atoms with Gasteiger partial charge in [-0.1, -0.05) is 12.1 Å². The first kappa shape index (κ1) is 17.8.